The molecule has 11 nitrogen and oxygen atoms in total. The van der Waals surface area contributed by atoms with Crippen LogP contribution in [0.4, 0.5) is 17.1 Å². The predicted molar refractivity (Wildman–Crippen MR) is 50.7 cm³/mol. The van der Waals surface area contributed by atoms with Crippen LogP contribution in [0.2, 0.25) is 0 Å². The number of hydrogen-bond donors (Lipinski definition) is 0. The number of benzene rings is 1. The Labute approximate surface area is 125 Å². The van der Waals surface area contributed by atoms with E-state index in [4.69, 9.17) is 0 Å². The van der Waals surface area contributed by atoms with E-state index in [2.05, 4.69) is 0 Å². The first-order valence-electron chi connectivity index (χ1n) is 4.08. The molecule has 1 aromatic rings. The number of hydrogen-bond acceptors (Lipinski definition) is 8. The van der Waals surface area contributed by atoms with Gasteiger partial charge in [-0.1, -0.05) is 0 Å². The van der Waals surface area contributed by atoms with Crippen LogP contribution in [0.15, 0.2) is 12.1 Å². The van der Waals surface area contributed by atoms with E-state index in [9.17, 15) is 40.2 Å². The molecule has 0 saturated carbocycles. The summed E-state index contributed by atoms with van der Waals surface area (Å²) in [7, 11) is 0. The molecule has 0 spiro atoms. The number of non-ortho nitro benzene ring substituents is 1. The molecule has 0 N–H and O–H groups in total. The van der Waals surface area contributed by atoms with Gasteiger partial charge in [-0.25, -0.2) is 0 Å². The van der Waals surface area contributed by atoms with Crippen molar-refractivity contribution in [1.82, 2.24) is 0 Å². The van der Waals surface area contributed by atoms with E-state index in [1.807, 2.05) is 0 Å². The molecule has 0 atom stereocenters. The standard InChI is InChI=1S/C7H3N3O8.Na/c11-7(12)6-4(9(15)16)1-3(8(13)14)2-5(6)10(17)18;/h1-2H,(H,11,12);/q;+1/p-1. The van der Waals surface area contributed by atoms with Crippen molar-refractivity contribution in [2.24, 2.45) is 0 Å². The van der Waals surface area contributed by atoms with E-state index in [0.29, 0.717) is 12.1 Å². The van der Waals surface area contributed by atoms with E-state index < -0.39 is 43.4 Å². The zero-order chi connectivity index (χ0) is 14.0. The smallest absolute Gasteiger partial charge is 0.544 e. The van der Waals surface area contributed by atoms with Crippen molar-refractivity contribution in [3.8, 4) is 0 Å². The third-order valence-corrected chi connectivity index (χ3v) is 1.89. The molecule has 0 fully saturated rings. The molecule has 0 unspecified atom stereocenters. The molecule has 1 aromatic carbocycles. The molecule has 0 amide bonds. The summed E-state index contributed by atoms with van der Waals surface area (Å²) in [5.74, 6) is -2.16. The van der Waals surface area contributed by atoms with Crippen molar-refractivity contribution in [3.05, 3.63) is 48.0 Å². The van der Waals surface area contributed by atoms with Gasteiger partial charge in [-0.15, -0.1) is 0 Å². The number of aromatic carboxylic acids is 1. The maximum Gasteiger partial charge on any atom is 1.00 e. The van der Waals surface area contributed by atoms with Gasteiger partial charge < -0.3 is 9.90 Å². The van der Waals surface area contributed by atoms with Crippen molar-refractivity contribution < 1.29 is 54.2 Å². The van der Waals surface area contributed by atoms with Crippen LogP contribution < -0.4 is 34.7 Å². The Morgan fingerprint density at radius 3 is 1.47 bits per heavy atom. The minimum absolute atomic E-state index is 0. The average Bonchev–Trinajstić information content (AvgIpc) is 2.26. The minimum Gasteiger partial charge on any atom is -0.544 e. The molecule has 1 rings (SSSR count). The van der Waals surface area contributed by atoms with Crippen molar-refractivity contribution in [3.63, 3.8) is 0 Å². The summed E-state index contributed by atoms with van der Waals surface area (Å²) in [5, 5.41) is 42.2. The largest absolute Gasteiger partial charge is 1.00 e. The Kier molecular flexibility index (Phi) is 5.49. The van der Waals surface area contributed by atoms with E-state index in [1.54, 1.807) is 0 Å². The summed E-state index contributed by atoms with van der Waals surface area (Å²) in [5.41, 5.74) is -4.80. The molecule has 0 aliphatic heterocycles. The summed E-state index contributed by atoms with van der Waals surface area (Å²) in [6.45, 7) is 0. The van der Waals surface area contributed by atoms with E-state index in [1.165, 1.54) is 0 Å². The van der Waals surface area contributed by atoms with E-state index in [0.717, 1.165) is 0 Å². The van der Waals surface area contributed by atoms with Gasteiger partial charge in [-0.3, -0.25) is 30.3 Å². The third kappa shape index (κ3) is 3.43. The van der Waals surface area contributed by atoms with Gasteiger partial charge in [0.05, 0.1) is 32.9 Å². The number of carboxylic acids is 1. The van der Waals surface area contributed by atoms with Crippen LogP contribution in [0, 0.1) is 30.3 Å². The molecule has 0 radical (unpaired) electrons. The summed E-state index contributed by atoms with van der Waals surface area (Å²) >= 11 is 0. The van der Waals surface area contributed by atoms with Crippen molar-refractivity contribution in [1.29, 1.82) is 0 Å². The summed E-state index contributed by atoms with van der Waals surface area (Å²) in [4.78, 5) is 38.5. The first kappa shape index (κ1) is 16.9. The van der Waals surface area contributed by atoms with Crippen molar-refractivity contribution in [2.75, 3.05) is 0 Å². The molecule has 0 saturated heterocycles. The van der Waals surface area contributed by atoms with Gasteiger partial charge in [0.15, 0.2) is 5.56 Å². The Balaban J connectivity index is 0.00000324. The van der Waals surface area contributed by atoms with Crippen molar-refractivity contribution in [2.45, 2.75) is 0 Å². The Morgan fingerprint density at radius 2 is 1.26 bits per heavy atom. The first-order valence-corrected chi connectivity index (χ1v) is 4.08. The summed E-state index contributed by atoms with van der Waals surface area (Å²) in [6, 6.07) is 0.635. The maximum absolute atomic E-state index is 10.6. The molecule has 19 heavy (non-hydrogen) atoms. The van der Waals surface area contributed by atoms with Gasteiger partial charge in [-0.05, 0) is 0 Å². The molecule has 12 heteroatoms. The number of nitrogens with zero attached hydrogens (tertiary/aromatic N) is 3. The first-order chi connectivity index (χ1) is 8.25. The molecular formula is C7H2N3NaO8. The second-order valence-corrected chi connectivity index (χ2v) is 2.92. The molecule has 0 heterocycles. The quantitative estimate of drug-likeness (QED) is 0.314. The number of carbonyl (C=O) groups is 1. The minimum atomic E-state index is -2.16. The second-order valence-electron chi connectivity index (χ2n) is 2.92. The average molecular weight is 279 g/mol. The topological polar surface area (TPSA) is 170 Å². The van der Waals surface area contributed by atoms with Gasteiger partial charge in [0.1, 0.15) is 0 Å². The Morgan fingerprint density at radius 1 is 0.895 bits per heavy atom. The van der Waals surface area contributed by atoms with Gasteiger partial charge >= 0.3 is 29.6 Å². The van der Waals surface area contributed by atoms with Crippen LogP contribution in [-0.4, -0.2) is 20.7 Å². The molecular weight excluding hydrogens is 277 g/mol. The SMILES string of the molecule is O=C([O-])c1c([N+](=O)[O-])cc([N+](=O)[O-])cc1[N+](=O)[O-].[Na+]. The molecule has 0 aromatic heterocycles. The van der Waals surface area contributed by atoms with Crippen LogP contribution in [0.25, 0.3) is 0 Å². The zero-order valence-electron chi connectivity index (χ0n) is 9.26. The number of carbonyl (C=O) groups excluding carboxylic acids is 1. The third-order valence-electron chi connectivity index (χ3n) is 1.89. The van der Waals surface area contributed by atoms with E-state index >= 15 is 0 Å². The number of nitro groups is 3. The second kappa shape index (κ2) is 6.17. The van der Waals surface area contributed by atoms with Gasteiger partial charge in [0, 0.05) is 0 Å². The van der Waals surface area contributed by atoms with Crippen molar-refractivity contribution >= 4 is 23.0 Å². The number of carboxylic acid groups (broad SMARTS) is 1. The molecule has 0 bridgehead atoms. The molecule has 0 aliphatic carbocycles. The molecule has 0 aliphatic rings. The fourth-order valence-electron chi connectivity index (χ4n) is 1.20. The summed E-state index contributed by atoms with van der Waals surface area (Å²) < 4.78 is 0. The maximum atomic E-state index is 10.6. The normalized spacial score (nSPS) is 9.26. The predicted octanol–water partition coefficient (Wildman–Crippen LogP) is -3.22. The zero-order valence-corrected chi connectivity index (χ0v) is 11.3. The van der Waals surface area contributed by atoms with Gasteiger partial charge in [0.25, 0.3) is 17.1 Å². The Bertz CT molecular complexity index is 551. The fraction of sp³-hybridized carbons (Fsp3) is 0. The van der Waals surface area contributed by atoms with Crippen LogP contribution in [0.5, 0.6) is 0 Å². The van der Waals surface area contributed by atoms with Gasteiger partial charge in [-0.2, -0.15) is 0 Å². The van der Waals surface area contributed by atoms with E-state index in [-0.39, 0.29) is 29.6 Å². The van der Waals surface area contributed by atoms with Crippen LogP contribution in [0.1, 0.15) is 10.4 Å². The number of rotatable bonds is 4. The fourth-order valence-corrected chi connectivity index (χ4v) is 1.20. The van der Waals surface area contributed by atoms with Crippen LogP contribution in [0.3, 0.4) is 0 Å². The number of nitro benzene ring substituents is 3. The Hall–Kier alpha value is -2.11. The van der Waals surface area contributed by atoms with Crippen LogP contribution >= 0.6 is 0 Å². The monoisotopic (exact) mass is 279 g/mol. The van der Waals surface area contributed by atoms with Crippen LogP contribution in [-0.2, 0) is 0 Å². The van der Waals surface area contributed by atoms with Gasteiger partial charge in [0.2, 0.25) is 0 Å². The summed E-state index contributed by atoms with van der Waals surface area (Å²) in [6.07, 6.45) is 0. The molecule has 94 valence electrons.